The van der Waals surface area contributed by atoms with Crippen LogP contribution < -0.4 is 21.0 Å². The summed E-state index contributed by atoms with van der Waals surface area (Å²) in [5.41, 5.74) is 4.42. The Bertz CT molecular complexity index is 733. The van der Waals surface area contributed by atoms with Crippen LogP contribution in [0.1, 0.15) is 11.1 Å². The molecule has 0 aliphatic heterocycles. The molecule has 1 heterocycles. The average Bonchev–Trinajstić information content (AvgIpc) is 2.85. The molecule has 8 nitrogen and oxygen atoms in total. The summed E-state index contributed by atoms with van der Waals surface area (Å²) in [5, 5.41) is 6.58. The van der Waals surface area contributed by atoms with E-state index in [4.69, 9.17) is 10.6 Å². The van der Waals surface area contributed by atoms with E-state index >= 15 is 0 Å². The zero-order chi connectivity index (χ0) is 17.9. The Hall–Kier alpha value is -2.10. The number of aromatic nitrogens is 2. The minimum atomic E-state index is -0.426. The third-order valence-corrected chi connectivity index (χ3v) is 4.22. The fourth-order valence-corrected chi connectivity index (χ4v) is 2.70. The van der Waals surface area contributed by atoms with Crippen molar-refractivity contribution >= 4 is 27.8 Å². The quantitative estimate of drug-likeness (QED) is 0.457. The molecule has 1 aromatic carbocycles. The van der Waals surface area contributed by atoms with Crippen molar-refractivity contribution in [2.45, 2.75) is 13.5 Å². The summed E-state index contributed by atoms with van der Waals surface area (Å²) in [5.74, 6) is 7.21. The number of ether oxygens (including phenoxy) is 1. The minimum Gasteiger partial charge on any atom is -0.488 e. The number of carbonyl (C=O) groups excluding carboxylic acids is 1. The van der Waals surface area contributed by atoms with E-state index in [0.717, 1.165) is 16.3 Å². The molecule has 0 aliphatic rings. The molecule has 0 bridgehead atoms. The van der Waals surface area contributed by atoms with Crippen LogP contribution in [0.4, 0.5) is 10.6 Å². The van der Waals surface area contributed by atoms with Crippen LogP contribution in [0.15, 0.2) is 28.9 Å². The number of hydrogen-bond acceptors (Lipinski definition) is 5. The van der Waals surface area contributed by atoms with E-state index in [1.807, 2.05) is 31.2 Å². The van der Waals surface area contributed by atoms with Crippen molar-refractivity contribution in [3.05, 3.63) is 40.0 Å². The number of halogens is 1. The fraction of sp³-hybridized carbons (Fsp3) is 0.333. The van der Waals surface area contributed by atoms with Gasteiger partial charge >= 0.3 is 6.03 Å². The Morgan fingerprint density at radius 2 is 2.12 bits per heavy atom. The molecule has 0 saturated carbocycles. The number of rotatable bonds is 5. The largest absolute Gasteiger partial charge is 0.488 e. The summed E-state index contributed by atoms with van der Waals surface area (Å²) in [7, 11) is 4.92. The van der Waals surface area contributed by atoms with E-state index in [9.17, 15) is 4.79 Å². The smallest absolute Gasteiger partial charge is 0.354 e. The lowest BCUT2D eigenvalue weighted by molar-refractivity contribution is 0.199. The van der Waals surface area contributed by atoms with Gasteiger partial charge in [-0.25, -0.2) is 25.8 Å². The lowest BCUT2D eigenvalue weighted by Crippen LogP contribution is -2.50. The van der Waals surface area contributed by atoms with Crippen molar-refractivity contribution in [3.63, 3.8) is 0 Å². The first-order valence-corrected chi connectivity index (χ1v) is 8.05. The molecule has 0 fully saturated rings. The van der Waals surface area contributed by atoms with E-state index in [0.29, 0.717) is 16.0 Å². The molecule has 0 unspecified atom stereocenters. The standard InChI is InChI=1S/C15H21BrN6O2/c1-10-7-5-6-8-12(10)24-9-11-13(16)19-20(3)14(11)22(17)15(23)21(4)18-2/h5-8,18H,9,17H2,1-4H3. The number of nitrogens with zero attached hydrogens (tertiary/aromatic N) is 4. The number of para-hydroxylation sites is 1. The molecule has 0 aliphatic carbocycles. The molecule has 0 atom stereocenters. The maximum absolute atomic E-state index is 12.3. The Labute approximate surface area is 149 Å². The second kappa shape index (κ2) is 7.65. The molecule has 3 N–H and O–H groups in total. The molecule has 0 radical (unpaired) electrons. The molecule has 2 aromatic rings. The van der Waals surface area contributed by atoms with Crippen molar-refractivity contribution in [2.24, 2.45) is 12.9 Å². The number of hydrogen-bond donors (Lipinski definition) is 2. The van der Waals surface area contributed by atoms with Gasteiger partial charge in [-0.15, -0.1) is 0 Å². The number of benzene rings is 1. The van der Waals surface area contributed by atoms with Crippen LogP contribution in [0.3, 0.4) is 0 Å². The van der Waals surface area contributed by atoms with Crippen LogP contribution in [0, 0.1) is 6.92 Å². The maximum atomic E-state index is 12.3. The van der Waals surface area contributed by atoms with Gasteiger partial charge < -0.3 is 4.74 Å². The number of anilines is 1. The molecule has 1 aromatic heterocycles. The fourth-order valence-electron chi connectivity index (χ4n) is 2.17. The van der Waals surface area contributed by atoms with Gasteiger partial charge in [-0.3, -0.25) is 5.01 Å². The minimum absolute atomic E-state index is 0.221. The summed E-state index contributed by atoms with van der Waals surface area (Å²) in [4.78, 5) is 12.3. The Balaban J connectivity index is 2.28. The normalized spacial score (nSPS) is 10.6. The number of hydrazine groups is 2. The molecule has 2 rings (SSSR count). The lowest BCUT2D eigenvalue weighted by Gasteiger charge is -2.24. The molecule has 0 saturated heterocycles. The highest BCUT2D eigenvalue weighted by Gasteiger charge is 2.25. The van der Waals surface area contributed by atoms with E-state index in [1.54, 1.807) is 21.1 Å². The van der Waals surface area contributed by atoms with E-state index in [1.165, 1.54) is 9.69 Å². The van der Waals surface area contributed by atoms with E-state index in [2.05, 4.69) is 26.5 Å². The molecular formula is C15H21BrN6O2. The van der Waals surface area contributed by atoms with Gasteiger partial charge in [0.2, 0.25) is 0 Å². The van der Waals surface area contributed by atoms with Crippen molar-refractivity contribution in [1.82, 2.24) is 20.2 Å². The number of amides is 2. The Kier molecular flexibility index (Phi) is 5.81. The third-order valence-electron chi connectivity index (χ3n) is 3.59. The van der Waals surface area contributed by atoms with Crippen molar-refractivity contribution in [3.8, 4) is 5.75 Å². The van der Waals surface area contributed by atoms with Gasteiger partial charge in [-0.1, -0.05) is 18.2 Å². The van der Waals surface area contributed by atoms with Gasteiger partial charge in [-0.05, 0) is 34.5 Å². The SMILES string of the molecule is CNN(C)C(=O)N(N)c1c(COc2ccccc2C)c(Br)nn1C. The first-order chi connectivity index (χ1) is 11.4. The lowest BCUT2D eigenvalue weighted by atomic mass is 10.2. The highest BCUT2D eigenvalue weighted by atomic mass is 79.9. The van der Waals surface area contributed by atoms with Crippen LogP contribution in [0.2, 0.25) is 0 Å². The van der Waals surface area contributed by atoms with Crippen LogP contribution in [0.5, 0.6) is 5.75 Å². The number of aryl methyl sites for hydroxylation is 2. The number of carbonyl (C=O) groups is 1. The molecule has 0 spiro atoms. The highest BCUT2D eigenvalue weighted by molar-refractivity contribution is 9.10. The number of urea groups is 1. The van der Waals surface area contributed by atoms with Crippen molar-refractivity contribution in [2.75, 3.05) is 19.1 Å². The van der Waals surface area contributed by atoms with Gasteiger partial charge in [-0.2, -0.15) is 5.10 Å². The summed E-state index contributed by atoms with van der Waals surface area (Å²) in [6.45, 7) is 2.19. The first-order valence-electron chi connectivity index (χ1n) is 7.26. The summed E-state index contributed by atoms with van der Waals surface area (Å²) < 4.78 is 7.97. The summed E-state index contributed by atoms with van der Waals surface area (Å²) in [6, 6.07) is 7.28. The number of nitrogens with two attached hydrogens (primary N) is 1. The summed E-state index contributed by atoms with van der Waals surface area (Å²) >= 11 is 3.40. The van der Waals surface area contributed by atoms with Crippen molar-refractivity contribution < 1.29 is 9.53 Å². The summed E-state index contributed by atoms with van der Waals surface area (Å²) in [6.07, 6.45) is 0. The monoisotopic (exact) mass is 396 g/mol. The molecule has 2 amide bonds. The van der Waals surface area contributed by atoms with Crippen LogP contribution in [-0.2, 0) is 13.7 Å². The molecule has 9 heteroatoms. The van der Waals surface area contributed by atoms with Gasteiger partial charge in [0.1, 0.15) is 17.0 Å². The third kappa shape index (κ3) is 3.69. The van der Waals surface area contributed by atoms with Crippen LogP contribution >= 0.6 is 15.9 Å². The zero-order valence-corrected chi connectivity index (χ0v) is 15.7. The Morgan fingerprint density at radius 3 is 2.75 bits per heavy atom. The van der Waals surface area contributed by atoms with E-state index < -0.39 is 6.03 Å². The maximum Gasteiger partial charge on any atom is 0.354 e. The Morgan fingerprint density at radius 1 is 1.46 bits per heavy atom. The average molecular weight is 397 g/mol. The zero-order valence-electron chi connectivity index (χ0n) is 14.1. The van der Waals surface area contributed by atoms with Crippen molar-refractivity contribution in [1.29, 1.82) is 0 Å². The predicted octanol–water partition coefficient (Wildman–Crippen LogP) is 1.94. The molecular weight excluding hydrogens is 376 g/mol. The second-order valence-corrected chi connectivity index (χ2v) is 5.96. The van der Waals surface area contributed by atoms with Gasteiger partial charge in [0, 0.05) is 21.1 Å². The predicted molar refractivity (Wildman–Crippen MR) is 95.3 cm³/mol. The van der Waals surface area contributed by atoms with Gasteiger partial charge in [0.05, 0.1) is 5.56 Å². The van der Waals surface area contributed by atoms with E-state index in [-0.39, 0.29) is 6.61 Å². The van der Waals surface area contributed by atoms with Crippen LogP contribution in [-0.4, -0.2) is 34.9 Å². The van der Waals surface area contributed by atoms with Gasteiger partial charge in [0.25, 0.3) is 0 Å². The van der Waals surface area contributed by atoms with Gasteiger partial charge in [0.15, 0.2) is 5.82 Å². The second-order valence-electron chi connectivity index (χ2n) is 5.21. The topological polar surface area (TPSA) is 88.7 Å². The van der Waals surface area contributed by atoms with Crippen LogP contribution in [0.25, 0.3) is 0 Å². The number of nitrogens with one attached hydrogen (secondary N) is 1. The first kappa shape index (κ1) is 18.2. The molecule has 24 heavy (non-hydrogen) atoms. The highest BCUT2D eigenvalue weighted by Crippen LogP contribution is 2.28. The molecule has 130 valence electrons.